The first-order valence-corrected chi connectivity index (χ1v) is 7.80. The third-order valence-corrected chi connectivity index (χ3v) is 3.69. The fourth-order valence-electron chi connectivity index (χ4n) is 2.05. The average molecular weight is 334 g/mol. The number of nitrogens with one attached hydrogen (secondary N) is 1. The molecule has 0 aliphatic rings. The smallest absolute Gasteiger partial charge is 0.260 e. The van der Waals surface area contributed by atoms with Crippen LogP contribution in [0.2, 0.25) is 5.02 Å². The van der Waals surface area contributed by atoms with Crippen LogP contribution >= 0.6 is 11.6 Å². The van der Waals surface area contributed by atoms with E-state index in [4.69, 9.17) is 21.1 Å². The van der Waals surface area contributed by atoms with Crippen molar-refractivity contribution in [3.63, 3.8) is 0 Å². The van der Waals surface area contributed by atoms with E-state index in [2.05, 4.69) is 5.32 Å². The number of ether oxygens (including phenoxy) is 2. The van der Waals surface area contributed by atoms with Crippen LogP contribution < -0.4 is 14.8 Å². The van der Waals surface area contributed by atoms with E-state index in [0.29, 0.717) is 17.3 Å². The van der Waals surface area contributed by atoms with E-state index in [-0.39, 0.29) is 5.91 Å². The molecule has 0 aliphatic carbocycles. The first kappa shape index (κ1) is 17.2. The first-order valence-electron chi connectivity index (χ1n) is 7.42. The minimum Gasteiger partial charge on any atom is -0.497 e. The fraction of sp³-hybridized carbons (Fsp3) is 0.278. The zero-order valence-electron chi connectivity index (χ0n) is 13.2. The van der Waals surface area contributed by atoms with Crippen LogP contribution in [-0.4, -0.2) is 25.7 Å². The highest BCUT2D eigenvalue weighted by molar-refractivity contribution is 6.32. The molecular weight excluding hydrogens is 314 g/mol. The second-order valence-corrected chi connectivity index (χ2v) is 5.49. The van der Waals surface area contributed by atoms with Gasteiger partial charge in [-0.3, -0.25) is 4.79 Å². The molecule has 122 valence electrons. The molecule has 23 heavy (non-hydrogen) atoms. The summed E-state index contributed by atoms with van der Waals surface area (Å²) in [5, 5.41) is 3.35. The zero-order valence-corrected chi connectivity index (χ0v) is 14.0. The van der Waals surface area contributed by atoms with Gasteiger partial charge in [-0.25, -0.2) is 0 Å². The quantitative estimate of drug-likeness (QED) is 0.844. The summed E-state index contributed by atoms with van der Waals surface area (Å²) in [4.78, 5) is 12.1. The van der Waals surface area contributed by atoms with Gasteiger partial charge < -0.3 is 14.8 Å². The molecule has 0 saturated heterocycles. The second-order valence-electron chi connectivity index (χ2n) is 5.08. The van der Waals surface area contributed by atoms with Gasteiger partial charge in [-0.15, -0.1) is 0 Å². The van der Waals surface area contributed by atoms with Gasteiger partial charge in [-0.2, -0.15) is 0 Å². The van der Waals surface area contributed by atoms with Gasteiger partial charge in [-0.1, -0.05) is 35.9 Å². The van der Waals surface area contributed by atoms with Gasteiger partial charge in [0, 0.05) is 6.54 Å². The maximum atomic E-state index is 12.1. The number of carbonyl (C=O) groups excluding carboxylic acids is 1. The predicted molar refractivity (Wildman–Crippen MR) is 91.2 cm³/mol. The van der Waals surface area contributed by atoms with Crippen molar-refractivity contribution in [3.05, 3.63) is 59.1 Å². The van der Waals surface area contributed by atoms with Crippen LogP contribution in [0, 0.1) is 0 Å². The van der Waals surface area contributed by atoms with Crippen molar-refractivity contribution < 1.29 is 14.3 Å². The highest BCUT2D eigenvalue weighted by atomic mass is 35.5. The van der Waals surface area contributed by atoms with Crippen molar-refractivity contribution in [2.75, 3.05) is 13.7 Å². The highest BCUT2D eigenvalue weighted by Crippen LogP contribution is 2.24. The minimum atomic E-state index is -0.606. The Labute approximate surface area is 141 Å². The van der Waals surface area contributed by atoms with Crippen molar-refractivity contribution in [2.45, 2.75) is 19.4 Å². The van der Waals surface area contributed by atoms with Gasteiger partial charge >= 0.3 is 0 Å². The summed E-state index contributed by atoms with van der Waals surface area (Å²) in [6, 6.07) is 14.9. The van der Waals surface area contributed by atoms with Gasteiger partial charge in [0.15, 0.2) is 6.10 Å². The lowest BCUT2D eigenvalue weighted by Gasteiger charge is -2.15. The number of hydrogen-bond acceptors (Lipinski definition) is 3. The summed E-state index contributed by atoms with van der Waals surface area (Å²) in [5.74, 6) is 1.16. The summed E-state index contributed by atoms with van der Waals surface area (Å²) < 4.78 is 10.7. The third-order valence-electron chi connectivity index (χ3n) is 3.38. The average Bonchev–Trinajstić information content (AvgIpc) is 2.57. The molecule has 0 spiro atoms. The molecule has 0 radical (unpaired) electrons. The van der Waals surface area contributed by atoms with Crippen LogP contribution in [0.25, 0.3) is 0 Å². The second kappa shape index (κ2) is 8.44. The van der Waals surface area contributed by atoms with Crippen LogP contribution in [0.15, 0.2) is 48.5 Å². The van der Waals surface area contributed by atoms with Gasteiger partial charge in [0.1, 0.15) is 11.5 Å². The van der Waals surface area contributed by atoms with Crippen LogP contribution in [-0.2, 0) is 11.2 Å². The van der Waals surface area contributed by atoms with Crippen molar-refractivity contribution in [2.24, 2.45) is 0 Å². The van der Waals surface area contributed by atoms with Gasteiger partial charge in [0.25, 0.3) is 5.91 Å². The first-order chi connectivity index (χ1) is 11.1. The Morgan fingerprint density at radius 3 is 2.52 bits per heavy atom. The zero-order chi connectivity index (χ0) is 16.7. The number of benzene rings is 2. The van der Waals surface area contributed by atoms with E-state index in [1.54, 1.807) is 26.2 Å². The number of halogens is 1. The highest BCUT2D eigenvalue weighted by Gasteiger charge is 2.15. The van der Waals surface area contributed by atoms with Crippen molar-refractivity contribution in [1.82, 2.24) is 5.32 Å². The number of rotatable bonds is 7. The Morgan fingerprint density at radius 2 is 1.87 bits per heavy atom. The standard InChI is InChI=1S/C18H20ClNO3/c1-13(23-17-6-4-3-5-16(17)19)18(21)20-12-11-14-7-9-15(22-2)10-8-14/h3-10,13H,11-12H2,1-2H3,(H,20,21)/t13-/m0/s1. The number of hydrogen-bond donors (Lipinski definition) is 1. The van der Waals surface area contributed by atoms with E-state index in [9.17, 15) is 4.79 Å². The van der Waals surface area contributed by atoms with E-state index >= 15 is 0 Å². The molecule has 0 unspecified atom stereocenters. The van der Waals surface area contributed by atoms with E-state index in [1.165, 1.54) is 0 Å². The summed E-state index contributed by atoms with van der Waals surface area (Å²) in [7, 11) is 1.63. The Bertz CT molecular complexity index is 643. The summed E-state index contributed by atoms with van der Waals surface area (Å²) >= 11 is 6.02. The van der Waals surface area contributed by atoms with Gasteiger partial charge in [0.05, 0.1) is 12.1 Å². The third kappa shape index (κ3) is 5.18. The van der Waals surface area contributed by atoms with Gasteiger partial charge in [0.2, 0.25) is 0 Å². The molecule has 0 aromatic heterocycles. The van der Waals surface area contributed by atoms with Crippen molar-refractivity contribution >= 4 is 17.5 Å². The van der Waals surface area contributed by atoms with E-state index in [0.717, 1.165) is 17.7 Å². The maximum Gasteiger partial charge on any atom is 0.260 e. The summed E-state index contributed by atoms with van der Waals surface area (Å²) in [6.07, 6.45) is 0.139. The molecule has 0 fully saturated rings. The van der Waals surface area contributed by atoms with Crippen molar-refractivity contribution in [3.8, 4) is 11.5 Å². The molecule has 2 aromatic carbocycles. The molecule has 0 aliphatic heterocycles. The monoisotopic (exact) mass is 333 g/mol. The molecule has 4 nitrogen and oxygen atoms in total. The number of carbonyl (C=O) groups is 1. The maximum absolute atomic E-state index is 12.1. The van der Waals surface area contributed by atoms with E-state index < -0.39 is 6.10 Å². The molecule has 1 atom stereocenters. The lowest BCUT2D eigenvalue weighted by Crippen LogP contribution is -2.37. The molecule has 0 saturated carbocycles. The normalized spacial score (nSPS) is 11.6. The number of para-hydroxylation sites is 1. The topological polar surface area (TPSA) is 47.6 Å². The number of methoxy groups -OCH3 is 1. The van der Waals surface area contributed by atoms with Crippen LogP contribution in [0.4, 0.5) is 0 Å². The Hall–Kier alpha value is -2.20. The Balaban J connectivity index is 1.78. The Kier molecular flexibility index (Phi) is 6.29. The predicted octanol–water partition coefficient (Wildman–Crippen LogP) is 3.47. The van der Waals surface area contributed by atoms with E-state index in [1.807, 2.05) is 36.4 Å². The molecule has 0 bridgehead atoms. The fourth-order valence-corrected chi connectivity index (χ4v) is 2.23. The Morgan fingerprint density at radius 1 is 1.17 bits per heavy atom. The summed E-state index contributed by atoms with van der Waals surface area (Å²) in [5.41, 5.74) is 1.13. The minimum absolute atomic E-state index is 0.168. The summed E-state index contributed by atoms with van der Waals surface area (Å²) in [6.45, 7) is 2.24. The molecule has 5 heteroatoms. The van der Waals surface area contributed by atoms with Crippen molar-refractivity contribution in [1.29, 1.82) is 0 Å². The molecule has 1 amide bonds. The molecule has 2 aromatic rings. The van der Waals surface area contributed by atoms with Crippen LogP contribution in [0.5, 0.6) is 11.5 Å². The lowest BCUT2D eigenvalue weighted by atomic mass is 10.1. The largest absolute Gasteiger partial charge is 0.497 e. The van der Waals surface area contributed by atoms with Gasteiger partial charge in [-0.05, 0) is 43.2 Å². The number of amides is 1. The molecule has 0 heterocycles. The molecular formula is C18H20ClNO3. The van der Waals surface area contributed by atoms with Crippen LogP contribution in [0.1, 0.15) is 12.5 Å². The molecule has 2 rings (SSSR count). The SMILES string of the molecule is COc1ccc(CCNC(=O)[C@H](C)Oc2ccccc2Cl)cc1. The lowest BCUT2D eigenvalue weighted by molar-refractivity contribution is -0.127. The van der Waals surface area contributed by atoms with Crippen LogP contribution in [0.3, 0.4) is 0 Å². The molecule has 1 N–H and O–H groups in total.